The van der Waals surface area contributed by atoms with Crippen LogP contribution in [0.25, 0.3) is 11.3 Å². The van der Waals surface area contributed by atoms with Gasteiger partial charge in [0.1, 0.15) is 5.75 Å². The van der Waals surface area contributed by atoms with Crippen LogP contribution >= 0.6 is 22.9 Å². The van der Waals surface area contributed by atoms with Crippen molar-refractivity contribution in [1.29, 1.82) is 0 Å². The van der Waals surface area contributed by atoms with Crippen molar-refractivity contribution < 1.29 is 9.53 Å². The van der Waals surface area contributed by atoms with Crippen molar-refractivity contribution in [1.82, 2.24) is 10.3 Å². The summed E-state index contributed by atoms with van der Waals surface area (Å²) in [5.41, 5.74) is 4.21. The van der Waals surface area contributed by atoms with Crippen LogP contribution in [-0.4, -0.2) is 24.0 Å². The fourth-order valence-corrected chi connectivity index (χ4v) is 3.33. The van der Waals surface area contributed by atoms with Gasteiger partial charge in [0.2, 0.25) is 0 Å². The van der Waals surface area contributed by atoms with Crippen LogP contribution in [0.4, 0.5) is 0 Å². The molecule has 0 aliphatic rings. The number of thiazole rings is 1. The van der Waals surface area contributed by atoms with Crippen molar-refractivity contribution in [2.45, 2.75) is 20.3 Å². The Morgan fingerprint density at radius 3 is 2.63 bits per heavy atom. The standard InChI is InChI=1S/C21H21ClN2O2S/c1-14-11-18(7-8-19(14)22)26-12-21(25)23-10-9-16-3-5-17(6-4-16)20-13-27-15(2)24-20/h3-8,11,13H,9-10,12H2,1-2H3,(H,23,25). The van der Waals surface area contributed by atoms with E-state index in [1.165, 1.54) is 5.56 Å². The summed E-state index contributed by atoms with van der Waals surface area (Å²) >= 11 is 7.63. The van der Waals surface area contributed by atoms with Gasteiger partial charge >= 0.3 is 0 Å². The summed E-state index contributed by atoms with van der Waals surface area (Å²) in [5.74, 6) is 0.497. The van der Waals surface area contributed by atoms with Gasteiger partial charge in [-0.05, 0) is 49.6 Å². The Hall–Kier alpha value is -2.37. The van der Waals surface area contributed by atoms with E-state index in [1.807, 2.05) is 19.9 Å². The van der Waals surface area contributed by atoms with E-state index in [0.717, 1.165) is 28.2 Å². The molecular formula is C21H21ClN2O2S. The highest BCUT2D eigenvalue weighted by molar-refractivity contribution is 7.09. The number of carbonyl (C=O) groups excluding carboxylic acids is 1. The first-order valence-electron chi connectivity index (χ1n) is 8.68. The van der Waals surface area contributed by atoms with Crippen LogP contribution < -0.4 is 10.1 Å². The van der Waals surface area contributed by atoms with Gasteiger partial charge in [-0.3, -0.25) is 4.79 Å². The zero-order valence-corrected chi connectivity index (χ0v) is 16.9. The Morgan fingerprint density at radius 1 is 1.19 bits per heavy atom. The molecule has 0 saturated carbocycles. The van der Waals surface area contributed by atoms with Crippen LogP contribution in [0, 0.1) is 13.8 Å². The summed E-state index contributed by atoms with van der Waals surface area (Å²) in [6.45, 7) is 4.46. The zero-order chi connectivity index (χ0) is 19.2. The molecule has 2 aromatic carbocycles. The number of carbonyl (C=O) groups is 1. The van der Waals surface area contributed by atoms with Crippen LogP contribution in [0.5, 0.6) is 5.75 Å². The second-order valence-electron chi connectivity index (χ2n) is 6.25. The number of benzene rings is 2. The maximum atomic E-state index is 11.9. The number of ether oxygens (including phenoxy) is 1. The SMILES string of the molecule is Cc1nc(-c2ccc(CCNC(=O)COc3ccc(Cl)c(C)c3)cc2)cs1. The molecule has 0 aliphatic heterocycles. The van der Waals surface area contributed by atoms with Crippen molar-refractivity contribution in [2.75, 3.05) is 13.2 Å². The van der Waals surface area contributed by atoms with Crippen molar-refractivity contribution >= 4 is 28.8 Å². The predicted molar refractivity (Wildman–Crippen MR) is 111 cm³/mol. The Labute approximate surface area is 168 Å². The molecule has 0 spiro atoms. The minimum absolute atomic E-state index is 0.0107. The Kier molecular flexibility index (Phi) is 6.48. The van der Waals surface area contributed by atoms with Gasteiger partial charge in [0.15, 0.2) is 6.61 Å². The van der Waals surface area contributed by atoms with E-state index in [1.54, 1.807) is 23.5 Å². The van der Waals surface area contributed by atoms with Crippen molar-refractivity contribution in [3.8, 4) is 17.0 Å². The van der Waals surface area contributed by atoms with E-state index < -0.39 is 0 Å². The van der Waals surface area contributed by atoms with Crippen LogP contribution in [-0.2, 0) is 11.2 Å². The number of halogens is 1. The summed E-state index contributed by atoms with van der Waals surface area (Å²) in [7, 11) is 0. The molecule has 4 nitrogen and oxygen atoms in total. The monoisotopic (exact) mass is 400 g/mol. The van der Waals surface area contributed by atoms with Gasteiger partial charge in [-0.2, -0.15) is 0 Å². The fraction of sp³-hybridized carbons (Fsp3) is 0.238. The van der Waals surface area contributed by atoms with Gasteiger partial charge in [0.25, 0.3) is 5.91 Å². The molecule has 0 atom stereocenters. The van der Waals surface area contributed by atoms with E-state index >= 15 is 0 Å². The van der Waals surface area contributed by atoms with E-state index in [4.69, 9.17) is 16.3 Å². The van der Waals surface area contributed by atoms with E-state index in [9.17, 15) is 4.79 Å². The third-order valence-electron chi connectivity index (χ3n) is 4.10. The molecule has 1 aromatic heterocycles. The number of nitrogens with one attached hydrogen (secondary N) is 1. The number of aryl methyl sites for hydroxylation is 2. The van der Waals surface area contributed by atoms with Crippen LogP contribution in [0.2, 0.25) is 5.02 Å². The smallest absolute Gasteiger partial charge is 0.257 e. The van der Waals surface area contributed by atoms with Crippen molar-refractivity contribution in [3.05, 3.63) is 69.0 Å². The summed E-state index contributed by atoms with van der Waals surface area (Å²) in [6, 6.07) is 13.6. The third kappa shape index (κ3) is 5.55. The summed E-state index contributed by atoms with van der Waals surface area (Å²) < 4.78 is 5.50. The summed E-state index contributed by atoms with van der Waals surface area (Å²) in [4.78, 5) is 16.4. The second-order valence-corrected chi connectivity index (χ2v) is 7.72. The van der Waals surface area contributed by atoms with Gasteiger partial charge < -0.3 is 10.1 Å². The molecule has 1 N–H and O–H groups in total. The number of nitrogens with zero attached hydrogens (tertiary/aromatic N) is 1. The first-order valence-corrected chi connectivity index (χ1v) is 9.94. The van der Waals surface area contributed by atoms with Crippen molar-refractivity contribution in [2.24, 2.45) is 0 Å². The average molecular weight is 401 g/mol. The fourth-order valence-electron chi connectivity index (χ4n) is 2.59. The lowest BCUT2D eigenvalue weighted by Crippen LogP contribution is -2.30. The summed E-state index contributed by atoms with van der Waals surface area (Å²) in [5, 5.41) is 6.68. The molecule has 0 radical (unpaired) electrons. The Morgan fingerprint density at radius 2 is 1.96 bits per heavy atom. The molecule has 0 fully saturated rings. The lowest BCUT2D eigenvalue weighted by atomic mass is 10.1. The number of hydrogen-bond donors (Lipinski definition) is 1. The van der Waals surface area contributed by atoms with Gasteiger partial charge in [0.05, 0.1) is 10.7 Å². The highest BCUT2D eigenvalue weighted by Gasteiger charge is 2.05. The number of amides is 1. The van der Waals surface area contributed by atoms with Crippen molar-refractivity contribution in [3.63, 3.8) is 0 Å². The number of hydrogen-bond acceptors (Lipinski definition) is 4. The van der Waals surface area contributed by atoms with Crippen LogP contribution in [0.3, 0.4) is 0 Å². The quantitative estimate of drug-likeness (QED) is 0.618. The van der Waals surface area contributed by atoms with Gasteiger partial charge in [-0.15, -0.1) is 11.3 Å². The Balaban J connectivity index is 1.42. The molecule has 3 rings (SSSR count). The molecular weight excluding hydrogens is 380 g/mol. The topological polar surface area (TPSA) is 51.2 Å². The minimum atomic E-state index is -0.142. The first kappa shape index (κ1) is 19.4. The maximum absolute atomic E-state index is 11.9. The molecule has 0 bridgehead atoms. The van der Waals surface area contributed by atoms with E-state index in [2.05, 4.69) is 39.9 Å². The largest absolute Gasteiger partial charge is 0.484 e. The molecule has 1 amide bonds. The molecule has 27 heavy (non-hydrogen) atoms. The predicted octanol–water partition coefficient (Wildman–Crippen LogP) is 4.82. The maximum Gasteiger partial charge on any atom is 0.257 e. The lowest BCUT2D eigenvalue weighted by Gasteiger charge is -2.09. The van der Waals surface area contributed by atoms with E-state index in [0.29, 0.717) is 17.3 Å². The molecule has 1 heterocycles. The highest BCUT2D eigenvalue weighted by Crippen LogP contribution is 2.22. The molecule has 0 saturated heterocycles. The van der Waals surface area contributed by atoms with E-state index in [-0.39, 0.29) is 12.5 Å². The lowest BCUT2D eigenvalue weighted by molar-refractivity contribution is -0.123. The van der Waals surface area contributed by atoms with Gasteiger partial charge in [0, 0.05) is 22.5 Å². The van der Waals surface area contributed by atoms with Crippen LogP contribution in [0.1, 0.15) is 16.1 Å². The van der Waals surface area contributed by atoms with Crippen LogP contribution in [0.15, 0.2) is 47.8 Å². The molecule has 140 valence electrons. The first-order chi connectivity index (χ1) is 13.0. The molecule has 0 unspecified atom stereocenters. The Bertz CT molecular complexity index is 922. The number of aromatic nitrogens is 1. The number of rotatable bonds is 7. The zero-order valence-electron chi connectivity index (χ0n) is 15.3. The van der Waals surface area contributed by atoms with Gasteiger partial charge in [-0.25, -0.2) is 4.98 Å². The average Bonchev–Trinajstić information content (AvgIpc) is 3.10. The minimum Gasteiger partial charge on any atom is -0.484 e. The highest BCUT2D eigenvalue weighted by atomic mass is 35.5. The normalized spacial score (nSPS) is 10.6. The molecule has 6 heteroatoms. The summed E-state index contributed by atoms with van der Waals surface area (Å²) in [6.07, 6.45) is 0.766. The third-order valence-corrected chi connectivity index (χ3v) is 5.30. The van der Waals surface area contributed by atoms with Gasteiger partial charge in [-0.1, -0.05) is 35.9 Å². The second kappa shape index (κ2) is 9.02. The molecule has 0 aliphatic carbocycles. The molecule has 3 aromatic rings.